The van der Waals surface area contributed by atoms with Crippen LogP contribution in [0.1, 0.15) is 44.0 Å². The number of tetrazole rings is 1. The fourth-order valence-electron chi connectivity index (χ4n) is 3.12. The second-order valence-electron chi connectivity index (χ2n) is 6.20. The Morgan fingerprint density at radius 2 is 1.82 bits per heavy atom. The van der Waals surface area contributed by atoms with E-state index in [2.05, 4.69) is 15.5 Å². The van der Waals surface area contributed by atoms with Crippen molar-refractivity contribution in [2.45, 2.75) is 38.2 Å². The van der Waals surface area contributed by atoms with E-state index in [0.29, 0.717) is 5.82 Å². The third-order valence-electron chi connectivity index (χ3n) is 4.47. The molecule has 1 unspecified atom stereocenters. The van der Waals surface area contributed by atoms with Crippen molar-refractivity contribution >= 4 is 5.69 Å². The minimum absolute atomic E-state index is 0.263. The molecule has 1 heterocycles. The molecule has 2 aromatic rings. The molecule has 0 saturated heterocycles. The number of hydrogen-bond acceptors (Lipinski definition) is 5. The number of nitrogens with zero attached hydrogens (tertiary/aromatic N) is 5. The lowest BCUT2D eigenvalue weighted by molar-refractivity contribution is 0.0750. The van der Waals surface area contributed by atoms with Crippen LogP contribution in [0.4, 0.5) is 5.69 Å². The molecule has 0 radical (unpaired) electrons. The molecular weight excluding hydrogens is 278 g/mol. The smallest absolute Gasteiger partial charge is 0.185 e. The predicted octanol–water partition coefficient (Wildman–Crippen LogP) is 2.34. The van der Waals surface area contributed by atoms with Crippen molar-refractivity contribution in [3.63, 3.8) is 0 Å². The van der Waals surface area contributed by atoms with E-state index in [1.165, 1.54) is 19.3 Å². The number of benzene rings is 1. The van der Waals surface area contributed by atoms with Crippen molar-refractivity contribution < 1.29 is 5.11 Å². The van der Waals surface area contributed by atoms with Gasteiger partial charge in [0.1, 0.15) is 6.10 Å². The van der Waals surface area contributed by atoms with Crippen LogP contribution in [0.5, 0.6) is 0 Å². The molecule has 6 nitrogen and oxygen atoms in total. The zero-order valence-electron chi connectivity index (χ0n) is 13.2. The Bertz CT molecular complexity index is 601. The molecule has 1 aliphatic carbocycles. The lowest BCUT2D eigenvalue weighted by atomic mass is 9.85. The van der Waals surface area contributed by atoms with E-state index in [4.69, 9.17) is 0 Å². The van der Waals surface area contributed by atoms with Crippen molar-refractivity contribution in [3.8, 4) is 5.69 Å². The second-order valence-corrected chi connectivity index (χ2v) is 6.20. The molecule has 1 atom stereocenters. The van der Waals surface area contributed by atoms with Crippen LogP contribution < -0.4 is 4.90 Å². The van der Waals surface area contributed by atoms with Gasteiger partial charge in [-0.05, 0) is 53.5 Å². The first-order valence-corrected chi connectivity index (χ1v) is 7.91. The monoisotopic (exact) mass is 301 g/mol. The zero-order valence-corrected chi connectivity index (χ0v) is 13.2. The molecule has 0 bridgehead atoms. The minimum atomic E-state index is -0.594. The lowest BCUT2D eigenvalue weighted by Gasteiger charge is -2.25. The van der Waals surface area contributed by atoms with E-state index in [1.54, 1.807) is 4.68 Å². The van der Waals surface area contributed by atoms with Crippen LogP contribution in [0.15, 0.2) is 24.3 Å². The quantitative estimate of drug-likeness (QED) is 0.939. The van der Waals surface area contributed by atoms with Crippen molar-refractivity contribution in [3.05, 3.63) is 30.1 Å². The van der Waals surface area contributed by atoms with Gasteiger partial charge in [-0.1, -0.05) is 19.3 Å². The third-order valence-corrected chi connectivity index (χ3v) is 4.47. The average molecular weight is 301 g/mol. The Morgan fingerprint density at radius 1 is 1.14 bits per heavy atom. The number of anilines is 1. The normalized spacial score (nSPS) is 17.4. The molecule has 22 heavy (non-hydrogen) atoms. The first kappa shape index (κ1) is 15.0. The minimum Gasteiger partial charge on any atom is -0.385 e. The van der Waals surface area contributed by atoms with Gasteiger partial charge in [0, 0.05) is 19.8 Å². The number of rotatable bonds is 4. The highest BCUT2D eigenvalue weighted by Gasteiger charge is 2.27. The van der Waals surface area contributed by atoms with E-state index in [9.17, 15) is 5.11 Å². The highest BCUT2D eigenvalue weighted by atomic mass is 16.3. The van der Waals surface area contributed by atoms with Gasteiger partial charge in [-0.25, -0.2) is 0 Å². The predicted molar refractivity (Wildman–Crippen MR) is 85.0 cm³/mol. The summed E-state index contributed by atoms with van der Waals surface area (Å²) in [5, 5.41) is 22.5. The van der Waals surface area contributed by atoms with E-state index in [-0.39, 0.29) is 5.92 Å². The number of hydrogen-bond donors (Lipinski definition) is 1. The van der Waals surface area contributed by atoms with Crippen LogP contribution >= 0.6 is 0 Å². The van der Waals surface area contributed by atoms with Gasteiger partial charge in [0.15, 0.2) is 5.82 Å². The molecule has 6 heteroatoms. The zero-order chi connectivity index (χ0) is 15.5. The van der Waals surface area contributed by atoms with Crippen molar-refractivity contribution in [1.82, 2.24) is 20.2 Å². The Labute approximate surface area is 130 Å². The van der Waals surface area contributed by atoms with Gasteiger partial charge < -0.3 is 10.0 Å². The summed E-state index contributed by atoms with van der Waals surface area (Å²) < 4.78 is 1.65. The molecular formula is C16H23N5O. The highest BCUT2D eigenvalue weighted by molar-refractivity contribution is 5.49. The van der Waals surface area contributed by atoms with Crippen LogP contribution in [0.25, 0.3) is 5.69 Å². The molecule has 1 saturated carbocycles. The van der Waals surface area contributed by atoms with Gasteiger partial charge in [0.05, 0.1) is 5.69 Å². The molecule has 3 rings (SSSR count). The maximum Gasteiger partial charge on any atom is 0.185 e. The molecule has 0 spiro atoms. The summed E-state index contributed by atoms with van der Waals surface area (Å²) in [6.45, 7) is 0. The summed E-state index contributed by atoms with van der Waals surface area (Å²) in [6, 6.07) is 7.99. The summed E-state index contributed by atoms with van der Waals surface area (Å²) in [6.07, 6.45) is 5.13. The summed E-state index contributed by atoms with van der Waals surface area (Å²) in [4.78, 5) is 2.04. The molecule has 1 N–H and O–H groups in total. The first-order chi connectivity index (χ1) is 10.7. The van der Waals surface area contributed by atoms with E-state index in [0.717, 1.165) is 24.2 Å². The van der Waals surface area contributed by atoms with Crippen molar-refractivity contribution in [1.29, 1.82) is 0 Å². The highest BCUT2D eigenvalue weighted by Crippen LogP contribution is 2.33. The number of aromatic nitrogens is 4. The third kappa shape index (κ3) is 2.97. The molecule has 1 aromatic heterocycles. The molecule has 1 aliphatic rings. The Balaban J connectivity index is 1.84. The summed E-state index contributed by atoms with van der Waals surface area (Å²) in [5.41, 5.74) is 1.99. The summed E-state index contributed by atoms with van der Waals surface area (Å²) in [5.74, 6) is 0.809. The maximum absolute atomic E-state index is 10.6. The lowest BCUT2D eigenvalue weighted by Crippen LogP contribution is -2.20. The maximum atomic E-state index is 10.6. The fourth-order valence-corrected chi connectivity index (χ4v) is 3.12. The van der Waals surface area contributed by atoms with Gasteiger partial charge >= 0.3 is 0 Å². The van der Waals surface area contributed by atoms with Crippen LogP contribution in [0.2, 0.25) is 0 Å². The van der Waals surface area contributed by atoms with Crippen LogP contribution in [-0.4, -0.2) is 39.4 Å². The summed E-state index contributed by atoms with van der Waals surface area (Å²) in [7, 11) is 4.01. The standard InChI is InChI=1S/C16H23N5O/c1-20(2)13-8-10-14(11-9-13)21-16(17-18-19-21)15(22)12-6-4-3-5-7-12/h8-12,15,22H,3-7H2,1-2H3. The van der Waals surface area contributed by atoms with Gasteiger partial charge in [-0.15, -0.1) is 5.10 Å². The van der Waals surface area contributed by atoms with E-state index >= 15 is 0 Å². The van der Waals surface area contributed by atoms with Crippen LogP contribution in [0, 0.1) is 5.92 Å². The molecule has 1 aromatic carbocycles. The SMILES string of the molecule is CN(C)c1ccc(-n2nnnc2C(O)C2CCCCC2)cc1. The second kappa shape index (κ2) is 6.44. The Morgan fingerprint density at radius 3 is 2.45 bits per heavy atom. The van der Waals surface area contributed by atoms with Gasteiger partial charge in [0.2, 0.25) is 0 Å². The average Bonchev–Trinajstić information content (AvgIpc) is 3.04. The fraction of sp³-hybridized carbons (Fsp3) is 0.562. The molecule has 1 fully saturated rings. The topological polar surface area (TPSA) is 67.1 Å². The summed E-state index contributed by atoms with van der Waals surface area (Å²) >= 11 is 0. The van der Waals surface area contributed by atoms with E-state index in [1.807, 2.05) is 43.3 Å². The largest absolute Gasteiger partial charge is 0.385 e. The molecule has 0 aliphatic heterocycles. The first-order valence-electron chi connectivity index (χ1n) is 7.91. The van der Waals surface area contributed by atoms with Crippen LogP contribution in [-0.2, 0) is 0 Å². The van der Waals surface area contributed by atoms with Gasteiger partial charge in [-0.3, -0.25) is 0 Å². The van der Waals surface area contributed by atoms with E-state index < -0.39 is 6.10 Å². The van der Waals surface area contributed by atoms with Crippen molar-refractivity contribution in [2.75, 3.05) is 19.0 Å². The van der Waals surface area contributed by atoms with Crippen LogP contribution in [0.3, 0.4) is 0 Å². The Kier molecular flexibility index (Phi) is 4.38. The molecule has 0 amide bonds. The van der Waals surface area contributed by atoms with Gasteiger partial charge in [0.25, 0.3) is 0 Å². The van der Waals surface area contributed by atoms with Crippen molar-refractivity contribution in [2.24, 2.45) is 5.92 Å². The van der Waals surface area contributed by atoms with Gasteiger partial charge in [-0.2, -0.15) is 4.68 Å². The molecule has 118 valence electrons. The number of aliphatic hydroxyl groups excluding tert-OH is 1. The number of aliphatic hydroxyl groups is 1. The Hall–Kier alpha value is -1.95.